The predicted octanol–water partition coefficient (Wildman–Crippen LogP) is 9.59. The highest BCUT2D eigenvalue weighted by Gasteiger charge is 2.25. The summed E-state index contributed by atoms with van der Waals surface area (Å²) in [7, 11) is 1.48. The van der Waals surface area contributed by atoms with E-state index in [1.807, 2.05) is 99.6 Å². The summed E-state index contributed by atoms with van der Waals surface area (Å²) in [6.45, 7) is 12.5. The first-order valence-electron chi connectivity index (χ1n) is 25.1. The van der Waals surface area contributed by atoms with Crippen LogP contribution in [0.5, 0.6) is 11.5 Å². The van der Waals surface area contributed by atoms with Gasteiger partial charge in [0.05, 0.1) is 54.1 Å². The smallest absolute Gasteiger partial charge is 0.290 e. The molecule has 0 saturated heterocycles. The molecule has 2 aliphatic rings. The number of benzene rings is 1. The van der Waals surface area contributed by atoms with Crippen molar-refractivity contribution in [3.63, 3.8) is 0 Å². The number of fused-ring (bicyclic) bond motifs is 3. The Morgan fingerprint density at radius 3 is 2.41 bits per heavy atom. The first-order chi connectivity index (χ1) is 36.8. The zero-order valence-electron chi connectivity index (χ0n) is 43.3. The van der Waals surface area contributed by atoms with Crippen molar-refractivity contribution in [3.8, 4) is 22.9 Å². The lowest BCUT2D eigenvalue weighted by molar-refractivity contribution is 0.0948. The molecular weight excluding hydrogens is 977 g/mol. The molecule has 18 heteroatoms. The lowest BCUT2D eigenvalue weighted by Crippen LogP contribution is -2.31. The molecule has 17 nitrogen and oxygen atoms in total. The topological polar surface area (TPSA) is 202 Å². The number of hydrazone groups is 2. The third-order valence-corrected chi connectivity index (χ3v) is 14.2. The molecule has 3 atom stereocenters. The maximum absolute atomic E-state index is 14.3. The molecule has 0 spiro atoms. The molecule has 7 heterocycles. The largest absolute Gasteiger partial charge is 0.504 e. The van der Waals surface area contributed by atoms with Gasteiger partial charge in [0.15, 0.2) is 22.4 Å². The van der Waals surface area contributed by atoms with Crippen molar-refractivity contribution >= 4 is 51.7 Å². The molecule has 76 heavy (non-hydrogen) atoms. The number of methoxy groups -OCH3 is 1. The number of nitrogens with zero attached hydrogens (tertiary/aromatic N) is 9. The number of anilines is 1. The number of thiazole rings is 1. The van der Waals surface area contributed by atoms with Crippen molar-refractivity contribution in [1.82, 2.24) is 44.0 Å². The molecule has 1 amide bonds. The van der Waals surface area contributed by atoms with Crippen LogP contribution in [0.1, 0.15) is 94.2 Å². The van der Waals surface area contributed by atoms with Gasteiger partial charge in [-0.3, -0.25) is 19.0 Å². The summed E-state index contributed by atoms with van der Waals surface area (Å²) < 4.78 is 16.6. The predicted molar refractivity (Wildman–Crippen MR) is 296 cm³/mol. The van der Waals surface area contributed by atoms with E-state index in [1.54, 1.807) is 16.5 Å². The molecule has 1 aromatic carbocycles. The van der Waals surface area contributed by atoms with Crippen LogP contribution in [0.4, 0.5) is 5.13 Å². The van der Waals surface area contributed by atoms with E-state index in [9.17, 15) is 15.0 Å². The Hall–Kier alpha value is -8.79. The Kier molecular flexibility index (Phi) is 14.7. The zero-order valence-corrected chi connectivity index (χ0v) is 44.1. The highest BCUT2D eigenvalue weighted by atomic mass is 32.1. The maximum atomic E-state index is 14.3. The van der Waals surface area contributed by atoms with Crippen LogP contribution in [0.15, 0.2) is 142 Å². The molecule has 2 aliphatic carbocycles. The monoisotopic (exact) mass is 1030 g/mol. The molecule has 0 radical (unpaired) electrons. The minimum absolute atomic E-state index is 0.0458. The number of allylic oxidation sites excluding steroid dienone is 6. The number of phenols is 1. The quantitative estimate of drug-likeness (QED) is 0.0224. The van der Waals surface area contributed by atoms with E-state index < -0.39 is 12.1 Å². The van der Waals surface area contributed by atoms with Gasteiger partial charge in [-0.15, -0.1) is 11.3 Å². The Morgan fingerprint density at radius 2 is 1.68 bits per heavy atom. The average molecular weight is 1040 g/mol. The van der Waals surface area contributed by atoms with Gasteiger partial charge in [-0.05, 0) is 154 Å². The number of phenolic OH excluding ortho intramolecular Hbond substituents is 1. The Balaban J connectivity index is 0.898. The number of rotatable bonds is 19. The molecule has 7 aromatic heterocycles. The van der Waals surface area contributed by atoms with Crippen LogP contribution >= 0.6 is 11.3 Å². The second-order valence-electron chi connectivity index (χ2n) is 18.9. The lowest BCUT2D eigenvalue weighted by atomic mass is 9.99. The Morgan fingerprint density at radius 1 is 0.921 bits per heavy atom. The number of amides is 1. The van der Waals surface area contributed by atoms with Crippen LogP contribution in [0, 0.1) is 26.7 Å². The summed E-state index contributed by atoms with van der Waals surface area (Å²) in [5.41, 5.74) is 25.6. The van der Waals surface area contributed by atoms with Crippen LogP contribution in [0.3, 0.4) is 0 Å². The number of carbonyl (C=O) groups is 1. The van der Waals surface area contributed by atoms with E-state index in [-0.39, 0.29) is 17.6 Å². The van der Waals surface area contributed by atoms with E-state index in [2.05, 4.69) is 79.5 Å². The molecule has 0 saturated carbocycles. The summed E-state index contributed by atoms with van der Waals surface area (Å²) in [4.78, 5) is 34.1. The zero-order chi connectivity index (χ0) is 53.0. The number of aliphatic hydroxyl groups is 1. The molecule has 0 bridgehead atoms. The number of imidazole rings is 3. The summed E-state index contributed by atoms with van der Waals surface area (Å²) >= 11 is 1.51. The summed E-state index contributed by atoms with van der Waals surface area (Å²) in [6.07, 6.45) is 21.0. The third kappa shape index (κ3) is 10.9. The average Bonchev–Trinajstić information content (AvgIpc) is 4.20. The molecule has 10 rings (SSSR count). The van der Waals surface area contributed by atoms with Crippen molar-refractivity contribution in [2.45, 2.75) is 79.4 Å². The third-order valence-electron chi connectivity index (χ3n) is 13.5. The van der Waals surface area contributed by atoms with Crippen molar-refractivity contribution in [1.29, 1.82) is 0 Å². The molecule has 0 fully saturated rings. The number of aromatic hydroxyl groups is 1. The Bertz CT molecular complexity index is 3820. The van der Waals surface area contributed by atoms with Gasteiger partial charge in [-0.1, -0.05) is 30.7 Å². The van der Waals surface area contributed by atoms with E-state index in [0.29, 0.717) is 53.6 Å². The van der Waals surface area contributed by atoms with Crippen molar-refractivity contribution in [2.24, 2.45) is 16.1 Å². The van der Waals surface area contributed by atoms with E-state index in [4.69, 9.17) is 29.4 Å². The van der Waals surface area contributed by atoms with Crippen molar-refractivity contribution in [2.75, 3.05) is 19.0 Å². The number of hydrogen-bond donors (Lipinski definition) is 5. The highest BCUT2D eigenvalue weighted by molar-refractivity contribution is 7.14. The van der Waals surface area contributed by atoms with Crippen LogP contribution in [-0.2, 0) is 24.0 Å². The molecule has 386 valence electrons. The first kappa shape index (κ1) is 50.7. The number of aromatic nitrogens is 7. The summed E-state index contributed by atoms with van der Waals surface area (Å²) in [5, 5.41) is 36.4. The van der Waals surface area contributed by atoms with Crippen molar-refractivity contribution < 1.29 is 24.5 Å². The number of hydrogen-bond acceptors (Lipinski definition) is 14. The van der Waals surface area contributed by atoms with Gasteiger partial charge in [0.2, 0.25) is 0 Å². The first-order valence-corrected chi connectivity index (χ1v) is 26.0. The minimum Gasteiger partial charge on any atom is -0.504 e. The molecule has 3 unspecified atom stereocenters. The van der Waals surface area contributed by atoms with E-state index in [1.165, 1.54) is 36.3 Å². The number of nitrogens with one attached hydrogen (secondary N) is 3. The maximum Gasteiger partial charge on any atom is 0.290 e. The van der Waals surface area contributed by atoms with Crippen LogP contribution in [-0.4, -0.2) is 81.6 Å². The van der Waals surface area contributed by atoms with E-state index in [0.717, 1.165) is 85.7 Å². The minimum atomic E-state index is -0.985. The fourth-order valence-electron chi connectivity index (χ4n) is 9.46. The fraction of sp³-hybridized carbons (Fsp3) is 0.259. The number of aryl methyl sites for hydroxylation is 5. The summed E-state index contributed by atoms with van der Waals surface area (Å²) in [5.74, 6) is 0.238. The van der Waals surface area contributed by atoms with Crippen LogP contribution in [0.2, 0.25) is 0 Å². The van der Waals surface area contributed by atoms with E-state index >= 15 is 0 Å². The van der Waals surface area contributed by atoms with Gasteiger partial charge in [0.25, 0.3) is 5.91 Å². The Labute approximate surface area is 443 Å². The molecule has 5 N–H and O–H groups in total. The second-order valence-corrected chi connectivity index (χ2v) is 19.7. The lowest BCUT2D eigenvalue weighted by Gasteiger charge is -2.20. The van der Waals surface area contributed by atoms with Crippen molar-refractivity contribution in [3.05, 3.63) is 188 Å². The molecular formula is C58H58N12O5S. The molecule has 8 aromatic rings. The van der Waals surface area contributed by atoms with Gasteiger partial charge in [-0.25, -0.2) is 25.4 Å². The van der Waals surface area contributed by atoms with Gasteiger partial charge >= 0.3 is 0 Å². The number of carbonyl (C=O) groups excluding carboxylic acids is 1. The number of pyridine rings is 3. The second kappa shape index (κ2) is 22.0. The highest BCUT2D eigenvalue weighted by Crippen LogP contribution is 2.31. The van der Waals surface area contributed by atoms with Gasteiger partial charge < -0.3 is 29.4 Å². The number of ether oxygens (including phenoxy) is 2. The van der Waals surface area contributed by atoms with Gasteiger partial charge in [0.1, 0.15) is 34.6 Å². The standard InChI is InChI=1S/C58H58N12O5S/c1-8-75-45-18-16-44(17-19-45)63-58-65-47(33-76-58)54-38(6)62-51-27-39(21-23-68(51)54)13-14-40-22-24-69-52(28-40)64-46(55(69)57(73)67-60-31-42-15-20-49(74-7)48(71)26-42)29-43-32-70-50(25-35(43)3)61-37(5)53(70)36(4)56(72)66-59-30-41-11-9-34(2)10-12-41/h9-11,15-16,18,20-28,30-33,36,41,56,66,71-72H,8,12-14,29H2,1-7H3,(H,63,65)(H,67,73)/b59-30+,60-31+. The van der Waals surface area contributed by atoms with Crippen LogP contribution in [0.25, 0.3) is 28.3 Å². The molecule has 0 aliphatic heterocycles. The fourth-order valence-corrected chi connectivity index (χ4v) is 10.2. The van der Waals surface area contributed by atoms with Crippen LogP contribution < -0.4 is 20.9 Å². The number of aliphatic hydroxyl groups excluding tert-OH is 1. The van der Waals surface area contributed by atoms with Gasteiger partial charge in [-0.2, -0.15) is 10.2 Å². The van der Waals surface area contributed by atoms with Gasteiger partial charge in [0, 0.05) is 48.4 Å². The SMILES string of the molecule is CCOC1=C=C=C(Nc2nc(-c3c(C)nc4cc(CCc5ccn6c(C(=O)N/N=C/c7ccc(OC)c(O)c7)c(Cc7cn8c(C(C)C(O)N/N=C/C9C=CC(C)=CC9)c(C)nc8cc7C)nc6c5)ccn34)cs2)C=C1. The summed E-state index contributed by atoms with van der Waals surface area (Å²) in [6, 6.07) is 15.1. The normalized spacial score (nSPS) is 15.2.